The molecule has 1 aliphatic carbocycles. The first-order valence-corrected chi connectivity index (χ1v) is 8.58. The molecule has 6 heteroatoms. The van der Waals surface area contributed by atoms with Crippen LogP contribution in [0.4, 0.5) is 5.13 Å². The van der Waals surface area contributed by atoms with E-state index < -0.39 is 0 Å². The minimum absolute atomic E-state index is 0.306. The molecule has 2 N–H and O–H groups in total. The minimum atomic E-state index is 0.306. The molecule has 2 heterocycles. The van der Waals surface area contributed by atoms with Gasteiger partial charge >= 0.3 is 0 Å². The van der Waals surface area contributed by atoms with Gasteiger partial charge in [-0.05, 0) is 50.2 Å². The van der Waals surface area contributed by atoms with Gasteiger partial charge < -0.3 is 15.4 Å². The summed E-state index contributed by atoms with van der Waals surface area (Å²) in [5.74, 6) is 0.778. The normalized spacial score (nSPS) is 25.2. The third-order valence-electron chi connectivity index (χ3n) is 3.92. The number of thiazole rings is 1. The highest BCUT2D eigenvalue weighted by Crippen LogP contribution is 2.31. The molecule has 1 fully saturated rings. The molecule has 0 unspecified atom stereocenters. The highest BCUT2D eigenvalue weighted by atomic mass is 32.1. The molecule has 4 nitrogen and oxygen atoms in total. The Hall–Kier alpha value is -0.720. The molecule has 110 valence electrons. The number of aryl methyl sites for hydroxylation is 1. The van der Waals surface area contributed by atoms with E-state index in [0.717, 1.165) is 49.9 Å². The van der Waals surface area contributed by atoms with Crippen LogP contribution in [0.25, 0.3) is 0 Å². The maximum absolute atomic E-state index is 5.57. The Balaban J connectivity index is 1.51. The first-order chi connectivity index (χ1) is 9.70. The fourth-order valence-electron chi connectivity index (χ4n) is 2.75. The largest absolute Gasteiger partial charge is 0.376 e. The molecule has 1 aromatic heterocycles. The molecule has 20 heavy (non-hydrogen) atoms. The molecule has 0 spiro atoms. The summed E-state index contributed by atoms with van der Waals surface area (Å²) in [6.45, 7) is 3.97. The van der Waals surface area contributed by atoms with Crippen molar-refractivity contribution >= 4 is 33.8 Å². The fourth-order valence-corrected chi connectivity index (χ4v) is 4.17. The van der Waals surface area contributed by atoms with Crippen molar-refractivity contribution in [1.82, 2.24) is 10.3 Å². The first kappa shape index (κ1) is 14.2. The zero-order chi connectivity index (χ0) is 13.9. The van der Waals surface area contributed by atoms with E-state index >= 15 is 0 Å². The Morgan fingerprint density at radius 2 is 2.40 bits per heavy atom. The van der Waals surface area contributed by atoms with E-state index in [2.05, 4.69) is 22.5 Å². The number of anilines is 1. The van der Waals surface area contributed by atoms with Gasteiger partial charge in [-0.3, -0.25) is 0 Å². The summed E-state index contributed by atoms with van der Waals surface area (Å²) in [6, 6.07) is 0. The SMILES string of the molecule is C[C@H]1CCc2nc(NC(=S)NC[C@@H]3CCCO3)sc2C1. The molecule has 0 radical (unpaired) electrons. The number of ether oxygens (including phenoxy) is 1. The first-order valence-electron chi connectivity index (χ1n) is 7.35. The van der Waals surface area contributed by atoms with Gasteiger partial charge in [-0.25, -0.2) is 4.98 Å². The number of thiocarbonyl (C=S) groups is 1. The quantitative estimate of drug-likeness (QED) is 0.841. The second kappa shape index (κ2) is 6.37. The highest BCUT2D eigenvalue weighted by molar-refractivity contribution is 7.80. The van der Waals surface area contributed by atoms with Crippen LogP contribution in [0.3, 0.4) is 0 Å². The Morgan fingerprint density at radius 3 is 3.20 bits per heavy atom. The maximum atomic E-state index is 5.57. The van der Waals surface area contributed by atoms with Crippen LogP contribution < -0.4 is 10.6 Å². The van der Waals surface area contributed by atoms with Gasteiger partial charge in [-0.2, -0.15) is 0 Å². The van der Waals surface area contributed by atoms with Gasteiger partial charge in [0.15, 0.2) is 10.2 Å². The summed E-state index contributed by atoms with van der Waals surface area (Å²) in [4.78, 5) is 6.08. The summed E-state index contributed by atoms with van der Waals surface area (Å²) >= 11 is 7.07. The van der Waals surface area contributed by atoms with Crippen molar-refractivity contribution in [2.45, 2.75) is 45.1 Å². The number of aromatic nitrogens is 1. The molecule has 2 atom stereocenters. The number of nitrogens with one attached hydrogen (secondary N) is 2. The van der Waals surface area contributed by atoms with Crippen LogP contribution >= 0.6 is 23.6 Å². The van der Waals surface area contributed by atoms with Crippen LogP contribution in [0.5, 0.6) is 0 Å². The van der Waals surface area contributed by atoms with Crippen LogP contribution in [0.1, 0.15) is 36.8 Å². The van der Waals surface area contributed by atoms with Crippen molar-refractivity contribution in [3.05, 3.63) is 10.6 Å². The highest BCUT2D eigenvalue weighted by Gasteiger charge is 2.20. The molecule has 0 aromatic carbocycles. The fraction of sp³-hybridized carbons (Fsp3) is 0.714. The summed E-state index contributed by atoms with van der Waals surface area (Å²) in [5.41, 5.74) is 1.26. The molecule has 1 aliphatic heterocycles. The molecule has 1 saturated heterocycles. The molecule has 0 amide bonds. The lowest BCUT2D eigenvalue weighted by molar-refractivity contribution is 0.114. The average Bonchev–Trinajstić information content (AvgIpc) is 3.04. The summed E-state index contributed by atoms with van der Waals surface area (Å²) in [6.07, 6.45) is 6.09. The van der Waals surface area contributed by atoms with Crippen molar-refractivity contribution in [1.29, 1.82) is 0 Å². The number of hydrogen-bond acceptors (Lipinski definition) is 4. The molecule has 3 rings (SSSR count). The second-order valence-corrected chi connectivity index (χ2v) is 7.20. The smallest absolute Gasteiger partial charge is 0.189 e. The van der Waals surface area contributed by atoms with Gasteiger partial charge in [-0.15, -0.1) is 11.3 Å². The predicted molar refractivity (Wildman–Crippen MR) is 86.5 cm³/mol. The number of fused-ring (bicyclic) bond motifs is 1. The van der Waals surface area contributed by atoms with Crippen LogP contribution in [-0.2, 0) is 17.6 Å². The number of nitrogens with zero attached hydrogens (tertiary/aromatic N) is 1. The lowest BCUT2D eigenvalue weighted by Crippen LogP contribution is -2.34. The second-order valence-electron chi connectivity index (χ2n) is 5.71. The van der Waals surface area contributed by atoms with Crippen molar-refractivity contribution < 1.29 is 4.74 Å². The van der Waals surface area contributed by atoms with E-state index in [1.54, 1.807) is 11.3 Å². The number of rotatable bonds is 3. The van der Waals surface area contributed by atoms with E-state index in [1.165, 1.54) is 17.0 Å². The average molecular weight is 311 g/mol. The van der Waals surface area contributed by atoms with Crippen molar-refractivity contribution in [2.24, 2.45) is 5.92 Å². The maximum Gasteiger partial charge on any atom is 0.189 e. The van der Waals surface area contributed by atoms with Gasteiger partial charge in [0.05, 0.1) is 11.8 Å². The third-order valence-corrected chi connectivity index (χ3v) is 5.20. The molecule has 1 aromatic rings. The molecule has 0 bridgehead atoms. The van der Waals surface area contributed by atoms with Gasteiger partial charge in [0.1, 0.15) is 0 Å². The molecule has 2 aliphatic rings. The van der Waals surface area contributed by atoms with Gasteiger partial charge in [0.2, 0.25) is 0 Å². The summed E-state index contributed by atoms with van der Waals surface area (Å²) < 4.78 is 5.57. The van der Waals surface area contributed by atoms with Gasteiger partial charge in [-0.1, -0.05) is 6.92 Å². The summed E-state index contributed by atoms with van der Waals surface area (Å²) in [5, 5.41) is 8.01. The Kier molecular flexibility index (Phi) is 4.53. The van der Waals surface area contributed by atoms with Crippen LogP contribution in [0.15, 0.2) is 0 Å². The minimum Gasteiger partial charge on any atom is -0.376 e. The molecular weight excluding hydrogens is 290 g/mol. The van der Waals surface area contributed by atoms with E-state index in [9.17, 15) is 0 Å². The molecular formula is C14H21N3OS2. The zero-order valence-corrected chi connectivity index (χ0v) is 13.4. The van der Waals surface area contributed by atoms with E-state index in [0.29, 0.717) is 11.2 Å². The van der Waals surface area contributed by atoms with Crippen LogP contribution in [0, 0.1) is 5.92 Å². The van der Waals surface area contributed by atoms with E-state index in [1.807, 2.05) is 0 Å². The van der Waals surface area contributed by atoms with Gasteiger partial charge in [0, 0.05) is 18.0 Å². The zero-order valence-electron chi connectivity index (χ0n) is 11.8. The van der Waals surface area contributed by atoms with Crippen LogP contribution in [-0.4, -0.2) is 29.4 Å². The lowest BCUT2D eigenvalue weighted by atomic mass is 9.93. The van der Waals surface area contributed by atoms with Crippen LogP contribution in [0.2, 0.25) is 0 Å². The predicted octanol–water partition coefficient (Wildman–Crippen LogP) is 2.73. The van der Waals surface area contributed by atoms with Crippen molar-refractivity contribution in [3.8, 4) is 0 Å². The van der Waals surface area contributed by atoms with Gasteiger partial charge in [0.25, 0.3) is 0 Å². The lowest BCUT2D eigenvalue weighted by Gasteiger charge is -2.15. The summed E-state index contributed by atoms with van der Waals surface area (Å²) in [7, 11) is 0. The van der Waals surface area contributed by atoms with E-state index in [4.69, 9.17) is 17.0 Å². The Labute approximate surface area is 129 Å². The van der Waals surface area contributed by atoms with E-state index in [-0.39, 0.29) is 0 Å². The topological polar surface area (TPSA) is 46.2 Å². The standard InChI is InChI=1S/C14H21N3OS2/c1-9-4-5-11-12(7-9)20-14(16-11)17-13(19)15-8-10-3-2-6-18-10/h9-10H,2-8H2,1H3,(H2,15,16,17,19)/t9-,10-/m0/s1. The Morgan fingerprint density at radius 1 is 1.50 bits per heavy atom. The molecule has 0 saturated carbocycles. The monoisotopic (exact) mass is 311 g/mol. The van der Waals surface area contributed by atoms with Crippen molar-refractivity contribution in [2.75, 3.05) is 18.5 Å². The number of hydrogen-bond donors (Lipinski definition) is 2. The Bertz CT molecular complexity index is 483. The van der Waals surface area contributed by atoms with Crippen molar-refractivity contribution in [3.63, 3.8) is 0 Å². The third kappa shape index (κ3) is 3.48.